The van der Waals surface area contributed by atoms with Crippen molar-refractivity contribution in [3.8, 4) is 0 Å². The number of fused-ring (bicyclic) bond motifs is 2. The lowest BCUT2D eigenvalue weighted by atomic mass is 9.70. The van der Waals surface area contributed by atoms with Crippen LogP contribution in [-0.2, 0) is 9.53 Å². The van der Waals surface area contributed by atoms with Crippen molar-refractivity contribution in [3.05, 3.63) is 0 Å². The zero-order valence-electron chi connectivity index (χ0n) is 11.8. The zero-order chi connectivity index (χ0) is 13.4. The topological polar surface area (TPSA) is 64.3 Å². The molecule has 0 spiro atoms. The molecule has 0 heterocycles. The molecule has 2 fully saturated rings. The molecule has 2 bridgehead atoms. The number of hydrazine groups is 1. The van der Waals surface area contributed by atoms with Crippen LogP contribution in [0.25, 0.3) is 0 Å². The molecule has 2 rings (SSSR count). The van der Waals surface area contributed by atoms with Gasteiger partial charge >= 0.3 is 0 Å². The summed E-state index contributed by atoms with van der Waals surface area (Å²) < 4.78 is 6.05. The van der Waals surface area contributed by atoms with E-state index < -0.39 is 0 Å². The third-order valence-corrected chi connectivity index (χ3v) is 5.74. The van der Waals surface area contributed by atoms with Gasteiger partial charge in [-0.2, -0.15) is 0 Å². The van der Waals surface area contributed by atoms with Crippen LogP contribution in [0.5, 0.6) is 0 Å². The Kier molecular flexibility index (Phi) is 3.70. The summed E-state index contributed by atoms with van der Waals surface area (Å²) in [7, 11) is 0. The molecule has 0 saturated heterocycles. The number of nitrogens with one attached hydrogen (secondary N) is 1. The Morgan fingerprint density at radius 1 is 1.44 bits per heavy atom. The number of nitrogens with two attached hydrogens (primary N) is 1. The smallest absolute Gasteiger partial charge is 0.233 e. The lowest BCUT2D eigenvalue weighted by Crippen LogP contribution is -2.37. The van der Waals surface area contributed by atoms with Crippen molar-refractivity contribution >= 4 is 5.91 Å². The van der Waals surface area contributed by atoms with Crippen molar-refractivity contribution in [2.75, 3.05) is 6.61 Å². The number of amides is 1. The van der Waals surface area contributed by atoms with Gasteiger partial charge in [0, 0.05) is 13.0 Å². The Morgan fingerprint density at radius 3 is 2.67 bits per heavy atom. The van der Waals surface area contributed by atoms with E-state index in [1.165, 1.54) is 19.3 Å². The van der Waals surface area contributed by atoms with Gasteiger partial charge < -0.3 is 4.74 Å². The van der Waals surface area contributed by atoms with Crippen LogP contribution >= 0.6 is 0 Å². The third kappa shape index (κ3) is 2.05. The number of ether oxygens (including phenoxy) is 1. The van der Waals surface area contributed by atoms with E-state index in [2.05, 4.69) is 26.2 Å². The second-order valence-electron chi connectivity index (χ2n) is 6.64. The van der Waals surface area contributed by atoms with Crippen LogP contribution < -0.4 is 11.3 Å². The van der Waals surface area contributed by atoms with Crippen LogP contribution in [0.2, 0.25) is 0 Å². The molecule has 0 aliphatic heterocycles. The van der Waals surface area contributed by atoms with Crippen molar-refractivity contribution in [2.24, 2.45) is 22.6 Å². The van der Waals surface area contributed by atoms with Crippen LogP contribution in [0, 0.1) is 16.7 Å². The molecule has 104 valence electrons. The van der Waals surface area contributed by atoms with Crippen LogP contribution in [0.15, 0.2) is 0 Å². The first-order chi connectivity index (χ1) is 8.41. The van der Waals surface area contributed by atoms with E-state index in [9.17, 15) is 4.79 Å². The van der Waals surface area contributed by atoms with Gasteiger partial charge in [0.2, 0.25) is 5.91 Å². The van der Waals surface area contributed by atoms with Crippen LogP contribution in [0.4, 0.5) is 0 Å². The van der Waals surface area contributed by atoms with Gasteiger partial charge in [0.15, 0.2) is 0 Å². The number of carbonyl (C=O) groups is 1. The van der Waals surface area contributed by atoms with Gasteiger partial charge in [-0.15, -0.1) is 0 Å². The molecule has 2 aliphatic carbocycles. The highest BCUT2D eigenvalue weighted by Gasteiger charge is 2.61. The van der Waals surface area contributed by atoms with Gasteiger partial charge in [-0.3, -0.25) is 10.2 Å². The van der Waals surface area contributed by atoms with E-state index in [4.69, 9.17) is 10.6 Å². The van der Waals surface area contributed by atoms with Crippen molar-refractivity contribution < 1.29 is 9.53 Å². The van der Waals surface area contributed by atoms with Crippen molar-refractivity contribution in [1.29, 1.82) is 0 Å². The van der Waals surface area contributed by atoms with Crippen LogP contribution in [0.3, 0.4) is 0 Å². The summed E-state index contributed by atoms with van der Waals surface area (Å²) in [6, 6.07) is 0. The van der Waals surface area contributed by atoms with Gasteiger partial charge in [0.1, 0.15) is 0 Å². The van der Waals surface area contributed by atoms with Crippen LogP contribution in [-0.4, -0.2) is 18.6 Å². The Bertz CT molecular complexity index is 330. The predicted molar refractivity (Wildman–Crippen MR) is 70.5 cm³/mol. The van der Waals surface area contributed by atoms with E-state index in [1.54, 1.807) is 0 Å². The molecule has 4 nitrogen and oxygen atoms in total. The average molecular weight is 254 g/mol. The summed E-state index contributed by atoms with van der Waals surface area (Å²) in [5.41, 5.74) is 2.85. The maximum atomic E-state index is 11.0. The first-order valence-corrected chi connectivity index (χ1v) is 7.03. The highest BCUT2D eigenvalue weighted by Crippen LogP contribution is 2.66. The number of hydrogen-bond acceptors (Lipinski definition) is 3. The molecule has 3 N–H and O–H groups in total. The predicted octanol–water partition coefficient (Wildman–Crippen LogP) is 1.99. The fourth-order valence-corrected chi connectivity index (χ4v) is 3.91. The molecule has 4 heteroatoms. The fraction of sp³-hybridized carbons (Fsp3) is 0.929. The van der Waals surface area contributed by atoms with Gasteiger partial charge in [-0.1, -0.05) is 20.8 Å². The molecule has 0 aromatic heterocycles. The molecule has 18 heavy (non-hydrogen) atoms. The number of hydrogen-bond donors (Lipinski definition) is 2. The minimum atomic E-state index is -0.113. The summed E-state index contributed by atoms with van der Waals surface area (Å²) in [6.45, 7) is 7.81. The zero-order valence-corrected chi connectivity index (χ0v) is 11.8. The third-order valence-electron chi connectivity index (χ3n) is 5.74. The average Bonchev–Trinajstić information content (AvgIpc) is 2.67. The van der Waals surface area contributed by atoms with E-state index in [-0.39, 0.29) is 5.91 Å². The summed E-state index contributed by atoms with van der Waals surface area (Å²) >= 11 is 0. The maximum Gasteiger partial charge on any atom is 0.233 e. The van der Waals surface area contributed by atoms with E-state index in [0.29, 0.717) is 30.0 Å². The number of carbonyl (C=O) groups excluding carboxylic acids is 1. The molecule has 0 aromatic rings. The van der Waals surface area contributed by atoms with Crippen molar-refractivity contribution in [3.63, 3.8) is 0 Å². The molecular formula is C14H26N2O2. The summed E-state index contributed by atoms with van der Waals surface area (Å²) in [5, 5.41) is 0. The minimum Gasteiger partial charge on any atom is -0.378 e. The first kappa shape index (κ1) is 13.8. The molecule has 3 unspecified atom stereocenters. The summed E-state index contributed by atoms with van der Waals surface area (Å²) in [5.74, 6) is 5.73. The Morgan fingerprint density at radius 2 is 2.17 bits per heavy atom. The van der Waals surface area contributed by atoms with E-state index in [1.807, 2.05) is 0 Å². The lowest BCUT2D eigenvalue weighted by Gasteiger charge is -2.38. The van der Waals surface area contributed by atoms with Crippen molar-refractivity contribution in [2.45, 2.75) is 59.0 Å². The molecule has 0 radical (unpaired) electrons. The highest BCUT2D eigenvalue weighted by molar-refractivity contribution is 5.75. The molecule has 2 saturated carbocycles. The summed E-state index contributed by atoms with van der Waals surface area (Å²) in [6.07, 6.45) is 5.38. The van der Waals surface area contributed by atoms with Gasteiger partial charge in [-0.25, -0.2) is 5.84 Å². The second-order valence-corrected chi connectivity index (χ2v) is 6.64. The monoisotopic (exact) mass is 254 g/mol. The van der Waals surface area contributed by atoms with Crippen molar-refractivity contribution in [1.82, 2.24) is 5.43 Å². The number of rotatable bonds is 5. The van der Waals surface area contributed by atoms with E-state index >= 15 is 0 Å². The summed E-state index contributed by atoms with van der Waals surface area (Å²) in [4.78, 5) is 11.0. The fourth-order valence-electron chi connectivity index (χ4n) is 3.91. The molecule has 2 aliphatic rings. The normalized spacial score (nSPS) is 36.9. The molecular weight excluding hydrogens is 228 g/mol. The molecule has 1 amide bonds. The van der Waals surface area contributed by atoms with Gasteiger partial charge in [-0.05, 0) is 42.4 Å². The lowest BCUT2D eigenvalue weighted by molar-refractivity contribution is -0.121. The second kappa shape index (κ2) is 4.82. The maximum absolute atomic E-state index is 11.0. The molecule has 0 aromatic carbocycles. The van der Waals surface area contributed by atoms with Crippen LogP contribution in [0.1, 0.15) is 52.9 Å². The van der Waals surface area contributed by atoms with Gasteiger partial charge in [0.05, 0.1) is 6.10 Å². The molecule has 3 atom stereocenters. The largest absolute Gasteiger partial charge is 0.378 e. The quantitative estimate of drug-likeness (QED) is 0.341. The Hall–Kier alpha value is -0.610. The Balaban J connectivity index is 1.80. The highest BCUT2D eigenvalue weighted by atomic mass is 16.5. The first-order valence-electron chi connectivity index (χ1n) is 7.03. The standard InChI is InChI=1S/C14H26N2O2/c1-13(2)10-6-7-14(13,3)11(9-10)18-8-4-5-12(17)16-15/h10-11H,4-9,15H2,1-3H3,(H,16,17). The minimum absolute atomic E-state index is 0.113. The van der Waals surface area contributed by atoms with Gasteiger partial charge in [0.25, 0.3) is 0 Å². The SMILES string of the molecule is CC1(C)C2CCC1(C)C(OCCCC(=O)NN)C2. The van der Waals surface area contributed by atoms with E-state index in [0.717, 1.165) is 12.3 Å². The Labute approximate surface area is 110 Å².